The molecule has 0 bridgehead atoms. The molecule has 0 aliphatic carbocycles. The lowest BCUT2D eigenvalue weighted by Crippen LogP contribution is -2.24. The number of hydrogen-bond acceptors (Lipinski definition) is 9. The second-order valence-electron chi connectivity index (χ2n) is 13.3. The topological polar surface area (TPSA) is 75.0 Å². The highest BCUT2D eigenvalue weighted by atomic mass is 16.5. The maximum absolute atomic E-state index is 6.27. The van der Waals surface area contributed by atoms with Crippen LogP contribution in [0.4, 0.5) is 34.1 Å². The zero-order valence-corrected chi connectivity index (χ0v) is 29.2. The van der Waals surface area contributed by atoms with Gasteiger partial charge in [0.05, 0.1) is 52.8 Å². The monoisotopic (exact) mass is 694 g/mol. The van der Waals surface area contributed by atoms with Crippen LogP contribution in [0.5, 0.6) is 23.5 Å². The van der Waals surface area contributed by atoms with E-state index in [-0.39, 0.29) is 0 Å². The molecular formula is C43H34N8O2. The molecule has 0 N–H and O–H groups in total. The summed E-state index contributed by atoms with van der Waals surface area (Å²) in [4.78, 5) is 22.8. The van der Waals surface area contributed by atoms with Gasteiger partial charge in [0.25, 0.3) is 0 Å². The SMILES string of the molecule is CN1CN(c2ccc3c4ccc(N5CN(C)c6ccccc65)cc4n(-c4cc(Oc5ccccn5)nc(Oc5ccccn5)c4)c3c2)c2ccccc21. The molecule has 0 amide bonds. The summed E-state index contributed by atoms with van der Waals surface area (Å²) < 4.78 is 14.8. The lowest BCUT2D eigenvalue weighted by molar-refractivity contribution is 0.410. The van der Waals surface area contributed by atoms with Crippen LogP contribution in [-0.4, -0.2) is 47.0 Å². The van der Waals surface area contributed by atoms with Crippen molar-refractivity contribution in [2.24, 2.45) is 0 Å². The van der Waals surface area contributed by atoms with Crippen LogP contribution in [-0.2, 0) is 0 Å². The Kier molecular flexibility index (Phi) is 7.14. The van der Waals surface area contributed by atoms with Crippen LogP contribution in [0.3, 0.4) is 0 Å². The summed E-state index contributed by atoms with van der Waals surface area (Å²) in [5.74, 6) is 1.56. The van der Waals surface area contributed by atoms with Crippen LogP contribution in [0.15, 0.2) is 146 Å². The molecule has 4 aromatic heterocycles. The highest BCUT2D eigenvalue weighted by molar-refractivity contribution is 6.11. The van der Waals surface area contributed by atoms with E-state index in [2.05, 4.69) is 133 Å². The quantitative estimate of drug-likeness (QED) is 0.162. The van der Waals surface area contributed by atoms with Crippen molar-refractivity contribution in [3.05, 3.63) is 146 Å². The highest BCUT2D eigenvalue weighted by Crippen LogP contribution is 2.45. The molecule has 6 heterocycles. The largest absolute Gasteiger partial charge is 0.421 e. The summed E-state index contributed by atoms with van der Waals surface area (Å²) >= 11 is 0. The van der Waals surface area contributed by atoms with Crippen LogP contribution < -0.4 is 29.1 Å². The van der Waals surface area contributed by atoms with Crippen molar-refractivity contribution < 1.29 is 9.47 Å². The highest BCUT2D eigenvalue weighted by Gasteiger charge is 2.27. The van der Waals surface area contributed by atoms with Crippen LogP contribution in [0.25, 0.3) is 27.5 Å². The van der Waals surface area contributed by atoms with Crippen LogP contribution in [0.2, 0.25) is 0 Å². The number of pyridine rings is 3. The van der Waals surface area contributed by atoms with Crippen LogP contribution in [0, 0.1) is 0 Å². The van der Waals surface area contributed by atoms with Crippen molar-refractivity contribution in [1.29, 1.82) is 0 Å². The molecule has 0 saturated heterocycles. The van der Waals surface area contributed by atoms with E-state index in [1.54, 1.807) is 12.4 Å². The Bertz CT molecular complexity index is 2470. The molecule has 8 aromatic rings. The summed E-state index contributed by atoms with van der Waals surface area (Å²) in [7, 11) is 4.26. The number of anilines is 6. The van der Waals surface area contributed by atoms with E-state index in [0.29, 0.717) is 23.5 Å². The number of hydrogen-bond donors (Lipinski definition) is 0. The number of aromatic nitrogens is 4. The lowest BCUT2D eigenvalue weighted by atomic mass is 10.1. The molecule has 0 unspecified atom stereocenters. The molecule has 258 valence electrons. The fourth-order valence-electron chi connectivity index (χ4n) is 7.54. The predicted molar refractivity (Wildman–Crippen MR) is 211 cm³/mol. The van der Waals surface area contributed by atoms with Crippen LogP contribution >= 0.6 is 0 Å². The molecule has 0 spiro atoms. The maximum atomic E-state index is 6.27. The molecule has 0 fully saturated rings. The number of rotatable bonds is 7. The molecule has 2 aliphatic rings. The van der Waals surface area contributed by atoms with Crippen molar-refractivity contribution in [1.82, 2.24) is 19.5 Å². The zero-order valence-electron chi connectivity index (χ0n) is 29.2. The molecule has 0 saturated carbocycles. The van der Waals surface area contributed by atoms with E-state index < -0.39 is 0 Å². The Hall–Kier alpha value is -7.07. The summed E-state index contributed by atoms with van der Waals surface area (Å²) in [6.07, 6.45) is 3.39. The smallest absolute Gasteiger partial charge is 0.226 e. The van der Waals surface area contributed by atoms with Gasteiger partial charge in [0.15, 0.2) is 0 Å². The Morgan fingerprint density at radius 1 is 0.453 bits per heavy atom. The average molecular weight is 695 g/mol. The molecule has 10 rings (SSSR count). The number of nitrogens with zero attached hydrogens (tertiary/aromatic N) is 8. The van der Waals surface area contributed by atoms with E-state index in [4.69, 9.17) is 14.5 Å². The minimum Gasteiger partial charge on any atom is -0.421 e. The molecule has 0 radical (unpaired) electrons. The predicted octanol–water partition coefficient (Wildman–Crippen LogP) is 9.64. The standard InChI is InChI=1S/C43H34N8O2/c1-47-27-49(36-13-5-3-11-34(36)47)29-17-19-32-33-20-18-30(50-28-48(2)35-12-4-6-14-37(35)50)24-39(33)51(38(32)23-29)31-25-42(52-40-15-7-9-21-44-40)46-43(26-31)53-41-16-8-10-22-45-41/h3-26H,27-28H2,1-2H3. The van der Waals surface area contributed by atoms with E-state index in [0.717, 1.165) is 52.2 Å². The van der Waals surface area contributed by atoms with Gasteiger partial charge in [0.1, 0.15) is 0 Å². The second-order valence-corrected chi connectivity index (χ2v) is 13.3. The van der Waals surface area contributed by atoms with Gasteiger partial charge in [-0.25, -0.2) is 9.97 Å². The molecule has 2 aliphatic heterocycles. The zero-order chi connectivity index (χ0) is 35.5. The third-order valence-electron chi connectivity index (χ3n) is 9.95. The number of fused-ring (bicyclic) bond motifs is 5. The molecule has 10 heteroatoms. The maximum Gasteiger partial charge on any atom is 0.226 e. The number of benzene rings is 4. The van der Waals surface area contributed by atoms with Crippen molar-refractivity contribution in [2.45, 2.75) is 0 Å². The Morgan fingerprint density at radius 3 is 1.36 bits per heavy atom. The number of para-hydroxylation sites is 4. The Balaban J connectivity index is 1.19. The second kappa shape index (κ2) is 12.3. The normalized spacial score (nSPS) is 13.5. The van der Waals surface area contributed by atoms with Crippen LogP contribution in [0.1, 0.15) is 0 Å². The number of ether oxygens (including phenoxy) is 2. The molecular weight excluding hydrogens is 661 g/mol. The average Bonchev–Trinajstić information content (AvgIpc) is 3.83. The van der Waals surface area contributed by atoms with E-state index in [1.165, 1.54) is 22.7 Å². The minimum absolute atomic E-state index is 0.347. The summed E-state index contributed by atoms with van der Waals surface area (Å²) in [6, 6.07) is 45.5. The Labute approximate surface area is 306 Å². The van der Waals surface area contributed by atoms with Gasteiger partial charge in [-0.1, -0.05) is 48.5 Å². The van der Waals surface area contributed by atoms with Crippen molar-refractivity contribution in [3.8, 4) is 29.2 Å². The van der Waals surface area contributed by atoms with Gasteiger partial charge in [-0.2, -0.15) is 4.98 Å². The molecule has 10 nitrogen and oxygen atoms in total. The first-order valence-electron chi connectivity index (χ1n) is 17.5. The van der Waals surface area contributed by atoms with Gasteiger partial charge in [0.2, 0.25) is 23.5 Å². The van der Waals surface area contributed by atoms with E-state index in [1.807, 2.05) is 48.5 Å². The first-order chi connectivity index (χ1) is 26.1. The van der Waals surface area contributed by atoms with Gasteiger partial charge in [0, 0.05) is 72.9 Å². The summed E-state index contributed by atoms with van der Waals surface area (Å²) in [5, 5.41) is 2.26. The first-order valence-corrected chi connectivity index (χ1v) is 17.5. The minimum atomic E-state index is 0.347. The first kappa shape index (κ1) is 30.7. The van der Waals surface area contributed by atoms with Gasteiger partial charge >= 0.3 is 0 Å². The molecule has 4 aromatic carbocycles. The van der Waals surface area contributed by atoms with Gasteiger partial charge in [-0.3, -0.25) is 0 Å². The molecule has 0 atom stereocenters. The third kappa shape index (κ3) is 5.31. The third-order valence-corrected chi connectivity index (χ3v) is 9.95. The summed E-state index contributed by atoms with van der Waals surface area (Å²) in [5.41, 5.74) is 9.86. The van der Waals surface area contributed by atoms with Crippen molar-refractivity contribution in [3.63, 3.8) is 0 Å². The summed E-state index contributed by atoms with van der Waals surface area (Å²) in [6.45, 7) is 1.49. The fourth-order valence-corrected chi connectivity index (χ4v) is 7.54. The van der Waals surface area contributed by atoms with Gasteiger partial charge in [-0.05, 0) is 60.7 Å². The molecule has 53 heavy (non-hydrogen) atoms. The van der Waals surface area contributed by atoms with Gasteiger partial charge < -0.3 is 33.6 Å². The lowest BCUT2D eigenvalue weighted by Gasteiger charge is -2.20. The van der Waals surface area contributed by atoms with Gasteiger partial charge in [-0.15, -0.1) is 0 Å². The Morgan fingerprint density at radius 2 is 0.906 bits per heavy atom. The fraction of sp³-hybridized carbons (Fsp3) is 0.0930. The van der Waals surface area contributed by atoms with Crippen molar-refractivity contribution in [2.75, 3.05) is 47.0 Å². The van der Waals surface area contributed by atoms with E-state index in [9.17, 15) is 0 Å². The van der Waals surface area contributed by atoms with E-state index >= 15 is 0 Å². The van der Waals surface area contributed by atoms with Crippen molar-refractivity contribution >= 4 is 55.9 Å².